The van der Waals surface area contributed by atoms with Gasteiger partial charge in [-0.15, -0.1) is 0 Å². The third-order valence-electron chi connectivity index (χ3n) is 2.79. The molecule has 0 aliphatic rings. The van der Waals surface area contributed by atoms with E-state index < -0.39 is 5.97 Å². The molecule has 0 aromatic heterocycles. The van der Waals surface area contributed by atoms with Crippen molar-refractivity contribution in [3.05, 3.63) is 39.9 Å². The number of hydrogen-bond donors (Lipinski definition) is 2. The van der Waals surface area contributed by atoms with E-state index in [0.717, 1.165) is 0 Å². The lowest BCUT2D eigenvalue weighted by Gasteiger charge is -2.11. The van der Waals surface area contributed by atoms with Crippen LogP contribution in [0.3, 0.4) is 0 Å². The van der Waals surface area contributed by atoms with E-state index in [1.807, 2.05) is 6.92 Å². The Morgan fingerprint density at radius 3 is 2.71 bits per heavy atom. The third-order valence-corrected chi connectivity index (χ3v) is 3.36. The zero-order chi connectivity index (χ0) is 15.8. The Labute approximate surface area is 133 Å². The summed E-state index contributed by atoms with van der Waals surface area (Å²) in [5.74, 6) is -1.07. The number of carboxylic acids is 1. The van der Waals surface area contributed by atoms with Crippen LogP contribution < -0.4 is 5.32 Å². The first kappa shape index (κ1) is 17.5. The van der Waals surface area contributed by atoms with Crippen molar-refractivity contribution in [2.24, 2.45) is 0 Å². The fraction of sp³-hybridized carbons (Fsp3) is 0.333. The first-order valence-electron chi connectivity index (χ1n) is 6.54. The summed E-state index contributed by atoms with van der Waals surface area (Å²) < 4.78 is 0. The standard InChI is InChI=1S/C15H17Cl2NO3/c1-10(3-2-4-15(20)21)18-14(19)8-6-11-5-7-12(16)9-13(11)17/h5-10H,2-4H2,1H3,(H,18,19)(H,20,21)/b8-6+. The SMILES string of the molecule is CC(CCCC(=O)O)NC(=O)/C=C/c1ccc(Cl)cc1Cl. The number of nitrogens with one attached hydrogen (secondary N) is 1. The van der Waals surface area contributed by atoms with Crippen LogP contribution in [-0.4, -0.2) is 23.0 Å². The second-order valence-electron chi connectivity index (χ2n) is 4.69. The number of carbonyl (C=O) groups excluding carboxylic acids is 1. The quantitative estimate of drug-likeness (QED) is 0.748. The molecule has 1 aromatic carbocycles. The van der Waals surface area contributed by atoms with E-state index in [-0.39, 0.29) is 18.4 Å². The summed E-state index contributed by atoms with van der Waals surface area (Å²) in [6, 6.07) is 4.95. The van der Waals surface area contributed by atoms with E-state index in [0.29, 0.717) is 28.5 Å². The molecule has 1 atom stereocenters. The van der Waals surface area contributed by atoms with Crippen molar-refractivity contribution in [3.63, 3.8) is 0 Å². The molecule has 1 rings (SSSR count). The predicted octanol–water partition coefficient (Wildman–Crippen LogP) is 3.77. The zero-order valence-electron chi connectivity index (χ0n) is 11.6. The number of halogens is 2. The van der Waals surface area contributed by atoms with Crippen LogP contribution in [0.15, 0.2) is 24.3 Å². The molecule has 0 saturated carbocycles. The molecule has 0 saturated heterocycles. The number of aliphatic carboxylic acids is 1. The zero-order valence-corrected chi connectivity index (χ0v) is 13.1. The van der Waals surface area contributed by atoms with Crippen LogP contribution in [0, 0.1) is 0 Å². The van der Waals surface area contributed by atoms with Gasteiger partial charge in [0.05, 0.1) is 0 Å². The minimum absolute atomic E-state index is 0.0813. The molecule has 1 amide bonds. The Morgan fingerprint density at radius 1 is 1.38 bits per heavy atom. The van der Waals surface area contributed by atoms with Gasteiger partial charge in [0.15, 0.2) is 0 Å². The van der Waals surface area contributed by atoms with Crippen molar-refractivity contribution in [2.45, 2.75) is 32.2 Å². The molecule has 0 bridgehead atoms. The summed E-state index contributed by atoms with van der Waals surface area (Å²) in [5.41, 5.74) is 0.703. The highest BCUT2D eigenvalue weighted by Crippen LogP contribution is 2.21. The monoisotopic (exact) mass is 329 g/mol. The molecule has 0 fully saturated rings. The lowest BCUT2D eigenvalue weighted by Crippen LogP contribution is -2.31. The van der Waals surface area contributed by atoms with Crippen molar-refractivity contribution in [3.8, 4) is 0 Å². The summed E-state index contributed by atoms with van der Waals surface area (Å²) in [6.45, 7) is 1.84. The van der Waals surface area contributed by atoms with E-state index in [4.69, 9.17) is 28.3 Å². The van der Waals surface area contributed by atoms with E-state index in [1.54, 1.807) is 24.3 Å². The van der Waals surface area contributed by atoms with Crippen molar-refractivity contribution in [1.82, 2.24) is 5.32 Å². The number of amides is 1. The molecule has 0 aliphatic carbocycles. The summed E-state index contributed by atoms with van der Waals surface area (Å²) in [5, 5.41) is 12.3. The van der Waals surface area contributed by atoms with Gasteiger partial charge < -0.3 is 10.4 Å². The van der Waals surface area contributed by atoms with Gasteiger partial charge in [0.1, 0.15) is 0 Å². The van der Waals surface area contributed by atoms with E-state index >= 15 is 0 Å². The highest BCUT2D eigenvalue weighted by molar-refractivity contribution is 6.35. The molecule has 0 radical (unpaired) electrons. The van der Waals surface area contributed by atoms with Crippen LogP contribution in [0.1, 0.15) is 31.7 Å². The van der Waals surface area contributed by atoms with Crippen LogP contribution in [0.25, 0.3) is 6.08 Å². The topological polar surface area (TPSA) is 66.4 Å². The van der Waals surface area contributed by atoms with E-state index in [9.17, 15) is 9.59 Å². The van der Waals surface area contributed by atoms with Gasteiger partial charge in [-0.3, -0.25) is 9.59 Å². The summed E-state index contributed by atoms with van der Waals surface area (Å²) in [4.78, 5) is 22.1. The minimum atomic E-state index is -0.828. The molecule has 0 heterocycles. The molecule has 0 spiro atoms. The molecule has 1 unspecified atom stereocenters. The maximum absolute atomic E-state index is 11.7. The molecular weight excluding hydrogens is 313 g/mol. The normalized spacial score (nSPS) is 12.3. The molecule has 21 heavy (non-hydrogen) atoms. The predicted molar refractivity (Wildman–Crippen MR) is 84.6 cm³/mol. The average molecular weight is 330 g/mol. The Hall–Kier alpha value is -1.52. The fourth-order valence-corrected chi connectivity index (χ4v) is 2.20. The smallest absolute Gasteiger partial charge is 0.303 e. The van der Waals surface area contributed by atoms with Gasteiger partial charge in [-0.1, -0.05) is 29.3 Å². The van der Waals surface area contributed by atoms with Crippen LogP contribution >= 0.6 is 23.2 Å². The number of hydrogen-bond acceptors (Lipinski definition) is 2. The molecular formula is C15H17Cl2NO3. The van der Waals surface area contributed by atoms with Crippen molar-refractivity contribution < 1.29 is 14.7 Å². The van der Waals surface area contributed by atoms with Crippen LogP contribution in [0.2, 0.25) is 10.0 Å². The highest BCUT2D eigenvalue weighted by atomic mass is 35.5. The molecule has 4 nitrogen and oxygen atoms in total. The second-order valence-corrected chi connectivity index (χ2v) is 5.54. The Bertz CT molecular complexity index is 544. The Kier molecular flexibility index (Phi) is 7.26. The molecule has 1 aromatic rings. The van der Waals surface area contributed by atoms with Gasteiger partial charge in [-0.05, 0) is 43.5 Å². The minimum Gasteiger partial charge on any atom is -0.481 e. The van der Waals surface area contributed by atoms with Gasteiger partial charge in [0.25, 0.3) is 0 Å². The number of carbonyl (C=O) groups is 2. The van der Waals surface area contributed by atoms with Crippen molar-refractivity contribution >= 4 is 41.2 Å². The lowest BCUT2D eigenvalue weighted by atomic mass is 10.1. The molecule has 0 aliphatic heterocycles. The number of rotatable bonds is 7. The van der Waals surface area contributed by atoms with Crippen molar-refractivity contribution in [2.75, 3.05) is 0 Å². The van der Waals surface area contributed by atoms with Gasteiger partial charge >= 0.3 is 5.97 Å². The maximum Gasteiger partial charge on any atom is 0.303 e. The molecule has 2 N–H and O–H groups in total. The second kappa shape index (κ2) is 8.70. The first-order valence-corrected chi connectivity index (χ1v) is 7.29. The molecule has 6 heteroatoms. The molecule has 114 valence electrons. The van der Waals surface area contributed by atoms with Crippen LogP contribution in [0.5, 0.6) is 0 Å². The number of carboxylic acid groups (broad SMARTS) is 1. The summed E-state index contributed by atoms with van der Waals surface area (Å²) in [6.07, 6.45) is 4.26. The van der Waals surface area contributed by atoms with Gasteiger partial charge in [0.2, 0.25) is 5.91 Å². The summed E-state index contributed by atoms with van der Waals surface area (Å²) >= 11 is 11.8. The largest absolute Gasteiger partial charge is 0.481 e. The maximum atomic E-state index is 11.7. The lowest BCUT2D eigenvalue weighted by molar-refractivity contribution is -0.137. The fourth-order valence-electron chi connectivity index (χ4n) is 1.72. The van der Waals surface area contributed by atoms with Crippen molar-refractivity contribution in [1.29, 1.82) is 0 Å². The Balaban J connectivity index is 2.45. The van der Waals surface area contributed by atoms with E-state index in [2.05, 4.69) is 5.32 Å². The first-order chi connectivity index (χ1) is 9.88. The van der Waals surface area contributed by atoms with Crippen LogP contribution in [0.4, 0.5) is 0 Å². The van der Waals surface area contributed by atoms with Crippen LogP contribution in [-0.2, 0) is 9.59 Å². The van der Waals surface area contributed by atoms with Gasteiger partial charge in [0, 0.05) is 28.6 Å². The highest BCUT2D eigenvalue weighted by Gasteiger charge is 2.06. The third kappa shape index (κ3) is 7.16. The Morgan fingerprint density at radius 2 is 2.10 bits per heavy atom. The number of benzene rings is 1. The van der Waals surface area contributed by atoms with Gasteiger partial charge in [-0.25, -0.2) is 0 Å². The van der Waals surface area contributed by atoms with E-state index in [1.165, 1.54) is 6.08 Å². The summed E-state index contributed by atoms with van der Waals surface area (Å²) in [7, 11) is 0. The van der Waals surface area contributed by atoms with Gasteiger partial charge in [-0.2, -0.15) is 0 Å². The average Bonchev–Trinajstić information content (AvgIpc) is 2.37.